The number of hydrogen-bond acceptors (Lipinski definition) is 1. The molecule has 1 atom stereocenters. The summed E-state index contributed by atoms with van der Waals surface area (Å²) in [4.78, 5) is 11.4. The zero-order chi connectivity index (χ0) is 8.97. The van der Waals surface area contributed by atoms with Gasteiger partial charge in [-0.25, -0.2) is 0 Å². The highest BCUT2D eigenvalue weighted by Gasteiger charge is 2.13. The molecule has 0 spiro atoms. The van der Waals surface area contributed by atoms with E-state index in [4.69, 9.17) is 11.6 Å². The standard InChI is InChI=1S/C10H11ClO/c1-2-9(11)10(12)8-6-4-3-5-7-8/h3-7,9H,2H2,1H3. The van der Waals surface area contributed by atoms with Crippen LogP contribution in [0.15, 0.2) is 30.3 Å². The van der Waals surface area contributed by atoms with Gasteiger partial charge < -0.3 is 0 Å². The Bertz CT molecular complexity index is 256. The van der Waals surface area contributed by atoms with E-state index in [1.165, 1.54) is 0 Å². The number of carbonyl (C=O) groups is 1. The fourth-order valence-corrected chi connectivity index (χ4v) is 1.09. The fraction of sp³-hybridized carbons (Fsp3) is 0.300. The van der Waals surface area contributed by atoms with Gasteiger partial charge in [-0.1, -0.05) is 37.3 Å². The molecule has 0 heterocycles. The third-order valence-corrected chi connectivity index (χ3v) is 2.21. The maximum Gasteiger partial charge on any atom is 0.180 e. The summed E-state index contributed by atoms with van der Waals surface area (Å²) in [6.07, 6.45) is 0.676. The average molecular weight is 183 g/mol. The largest absolute Gasteiger partial charge is 0.293 e. The van der Waals surface area contributed by atoms with Gasteiger partial charge in [0.1, 0.15) is 0 Å². The second-order valence-electron chi connectivity index (χ2n) is 2.61. The molecule has 1 unspecified atom stereocenters. The Kier molecular flexibility index (Phi) is 3.30. The highest BCUT2D eigenvalue weighted by atomic mass is 35.5. The number of rotatable bonds is 3. The molecule has 0 bridgehead atoms. The monoisotopic (exact) mass is 182 g/mol. The van der Waals surface area contributed by atoms with Gasteiger partial charge in [-0.2, -0.15) is 0 Å². The number of Topliss-reactive ketones (excluding diaryl/α,β-unsaturated/α-hetero) is 1. The van der Waals surface area contributed by atoms with Crippen LogP contribution in [-0.4, -0.2) is 11.2 Å². The second kappa shape index (κ2) is 4.27. The topological polar surface area (TPSA) is 17.1 Å². The summed E-state index contributed by atoms with van der Waals surface area (Å²) in [6, 6.07) is 9.13. The lowest BCUT2D eigenvalue weighted by Gasteiger charge is -2.03. The van der Waals surface area contributed by atoms with Crippen molar-refractivity contribution in [3.63, 3.8) is 0 Å². The summed E-state index contributed by atoms with van der Waals surface area (Å²) in [5.41, 5.74) is 0.694. The lowest BCUT2D eigenvalue weighted by molar-refractivity contribution is 0.0985. The van der Waals surface area contributed by atoms with Gasteiger partial charge in [0, 0.05) is 5.56 Å². The maximum atomic E-state index is 11.4. The Morgan fingerprint density at radius 1 is 1.42 bits per heavy atom. The summed E-state index contributed by atoms with van der Waals surface area (Å²) >= 11 is 5.80. The zero-order valence-corrected chi connectivity index (χ0v) is 7.71. The summed E-state index contributed by atoms with van der Waals surface area (Å²) < 4.78 is 0. The summed E-state index contributed by atoms with van der Waals surface area (Å²) in [5, 5.41) is -0.382. The molecular formula is C10H11ClO. The van der Waals surface area contributed by atoms with Gasteiger partial charge in [-0.3, -0.25) is 4.79 Å². The van der Waals surface area contributed by atoms with Crippen LogP contribution in [0.25, 0.3) is 0 Å². The maximum absolute atomic E-state index is 11.4. The third kappa shape index (κ3) is 2.08. The lowest BCUT2D eigenvalue weighted by Crippen LogP contribution is -2.12. The predicted molar refractivity (Wildman–Crippen MR) is 50.7 cm³/mol. The first-order valence-electron chi connectivity index (χ1n) is 3.99. The number of carbonyl (C=O) groups excluding carboxylic acids is 1. The molecule has 0 aliphatic rings. The molecule has 0 radical (unpaired) electrons. The van der Waals surface area contributed by atoms with Crippen molar-refractivity contribution in [2.24, 2.45) is 0 Å². The van der Waals surface area contributed by atoms with Crippen molar-refractivity contribution >= 4 is 17.4 Å². The van der Waals surface area contributed by atoms with E-state index in [-0.39, 0.29) is 11.2 Å². The highest BCUT2D eigenvalue weighted by Crippen LogP contribution is 2.10. The molecular weight excluding hydrogens is 172 g/mol. The number of benzene rings is 1. The smallest absolute Gasteiger partial charge is 0.180 e. The van der Waals surface area contributed by atoms with Gasteiger partial charge in [0.2, 0.25) is 0 Å². The van der Waals surface area contributed by atoms with Crippen LogP contribution in [0.5, 0.6) is 0 Å². The van der Waals surface area contributed by atoms with E-state index in [0.29, 0.717) is 12.0 Å². The first-order valence-corrected chi connectivity index (χ1v) is 4.42. The molecule has 1 nitrogen and oxygen atoms in total. The summed E-state index contributed by atoms with van der Waals surface area (Å²) in [7, 11) is 0. The first kappa shape index (κ1) is 9.27. The van der Waals surface area contributed by atoms with E-state index in [1.807, 2.05) is 25.1 Å². The number of hydrogen-bond donors (Lipinski definition) is 0. The van der Waals surface area contributed by atoms with Crippen molar-refractivity contribution in [3.05, 3.63) is 35.9 Å². The van der Waals surface area contributed by atoms with E-state index in [1.54, 1.807) is 12.1 Å². The van der Waals surface area contributed by atoms with Crippen LogP contribution in [-0.2, 0) is 0 Å². The van der Waals surface area contributed by atoms with Gasteiger partial charge in [-0.15, -0.1) is 11.6 Å². The molecule has 0 aliphatic carbocycles. The zero-order valence-electron chi connectivity index (χ0n) is 6.96. The third-order valence-electron chi connectivity index (χ3n) is 1.70. The van der Waals surface area contributed by atoms with Gasteiger partial charge in [0.15, 0.2) is 5.78 Å². The molecule has 2 heteroatoms. The van der Waals surface area contributed by atoms with Gasteiger partial charge in [0.05, 0.1) is 5.38 Å². The SMILES string of the molecule is CCC(Cl)C(=O)c1ccccc1. The molecule has 12 heavy (non-hydrogen) atoms. The molecule has 0 saturated heterocycles. The molecule has 0 aliphatic heterocycles. The molecule has 1 rings (SSSR count). The van der Waals surface area contributed by atoms with E-state index in [0.717, 1.165) is 0 Å². The molecule has 0 aromatic heterocycles. The van der Waals surface area contributed by atoms with Gasteiger partial charge in [0.25, 0.3) is 0 Å². The van der Waals surface area contributed by atoms with Crippen LogP contribution in [0.1, 0.15) is 23.7 Å². The van der Waals surface area contributed by atoms with Crippen LogP contribution < -0.4 is 0 Å². The average Bonchev–Trinajstić information content (AvgIpc) is 2.17. The van der Waals surface area contributed by atoms with Crippen LogP contribution >= 0.6 is 11.6 Å². The van der Waals surface area contributed by atoms with Crippen molar-refractivity contribution in [2.75, 3.05) is 0 Å². The quantitative estimate of drug-likeness (QED) is 0.519. The fourth-order valence-electron chi connectivity index (χ4n) is 0.969. The van der Waals surface area contributed by atoms with Crippen molar-refractivity contribution in [2.45, 2.75) is 18.7 Å². The molecule has 0 fully saturated rings. The molecule has 0 saturated carbocycles. The Morgan fingerprint density at radius 2 is 2.00 bits per heavy atom. The number of halogens is 1. The molecule has 0 N–H and O–H groups in total. The van der Waals surface area contributed by atoms with E-state index in [2.05, 4.69) is 0 Å². The Hall–Kier alpha value is -0.820. The summed E-state index contributed by atoms with van der Waals surface area (Å²) in [5.74, 6) is 0.0137. The van der Waals surface area contributed by atoms with E-state index in [9.17, 15) is 4.79 Å². The Balaban J connectivity index is 2.79. The Labute approximate surface area is 77.4 Å². The highest BCUT2D eigenvalue weighted by molar-refractivity contribution is 6.33. The van der Waals surface area contributed by atoms with Gasteiger partial charge in [-0.05, 0) is 6.42 Å². The molecule has 1 aromatic rings. The predicted octanol–water partition coefficient (Wildman–Crippen LogP) is 2.89. The van der Waals surface area contributed by atoms with E-state index >= 15 is 0 Å². The van der Waals surface area contributed by atoms with Crippen LogP contribution in [0.3, 0.4) is 0 Å². The lowest BCUT2D eigenvalue weighted by atomic mass is 10.1. The van der Waals surface area contributed by atoms with Crippen molar-refractivity contribution < 1.29 is 4.79 Å². The molecule has 0 amide bonds. The number of ketones is 1. The summed E-state index contributed by atoms with van der Waals surface area (Å²) in [6.45, 7) is 1.90. The van der Waals surface area contributed by atoms with Crippen LogP contribution in [0, 0.1) is 0 Å². The van der Waals surface area contributed by atoms with Crippen molar-refractivity contribution in [3.8, 4) is 0 Å². The Morgan fingerprint density at radius 3 is 2.50 bits per heavy atom. The normalized spacial score (nSPS) is 12.5. The van der Waals surface area contributed by atoms with Crippen LogP contribution in [0.4, 0.5) is 0 Å². The van der Waals surface area contributed by atoms with Crippen molar-refractivity contribution in [1.29, 1.82) is 0 Å². The van der Waals surface area contributed by atoms with Crippen molar-refractivity contribution in [1.82, 2.24) is 0 Å². The van der Waals surface area contributed by atoms with Gasteiger partial charge >= 0.3 is 0 Å². The van der Waals surface area contributed by atoms with E-state index < -0.39 is 0 Å². The molecule has 1 aromatic carbocycles. The van der Waals surface area contributed by atoms with Crippen LogP contribution in [0.2, 0.25) is 0 Å². The second-order valence-corrected chi connectivity index (χ2v) is 3.13. The minimum atomic E-state index is -0.382. The molecule has 64 valence electrons. The minimum absolute atomic E-state index is 0.0137. The number of alkyl halides is 1. The first-order chi connectivity index (χ1) is 5.75. The minimum Gasteiger partial charge on any atom is -0.293 e.